The molecule has 0 aliphatic carbocycles. The van der Waals surface area contributed by atoms with Gasteiger partial charge < -0.3 is 11.1 Å². The molecule has 5 heteroatoms. The van der Waals surface area contributed by atoms with Crippen molar-refractivity contribution >= 4 is 21.2 Å². The lowest BCUT2D eigenvalue weighted by molar-refractivity contribution is 0.602. The van der Waals surface area contributed by atoms with Gasteiger partial charge in [0.1, 0.15) is 0 Å². The third kappa shape index (κ3) is 3.72. The molecule has 0 spiro atoms. The summed E-state index contributed by atoms with van der Waals surface area (Å²) in [6.45, 7) is 0.619. The average molecular weight is 276 g/mol. The highest BCUT2D eigenvalue weighted by atomic mass is 32.2. The minimum atomic E-state index is -3.13. The Bertz CT molecular complexity index is 664. The summed E-state index contributed by atoms with van der Waals surface area (Å²) in [6.07, 6.45) is 1.20. The Hall–Kier alpha value is -2.01. The molecule has 100 valence electrons. The zero-order chi connectivity index (χ0) is 13.9. The molecule has 0 saturated carbocycles. The van der Waals surface area contributed by atoms with E-state index >= 15 is 0 Å². The lowest BCUT2D eigenvalue weighted by Gasteiger charge is -2.07. The van der Waals surface area contributed by atoms with Gasteiger partial charge in [0.25, 0.3) is 0 Å². The summed E-state index contributed by atoms with van der Waals surface area (Å²) in [5, 5.41) is 3.23. The zero-order valence-electron chi connectivity index (χ0n) is 10.6. The second-order valence-electron chi connectivity index (χ2n) is 4.40. The summed E-state index contributed by atoms with van der Waals surface area (Å²) in [4.78, 5) is 0.334. The van der Waals surface area contributed by atoms with E-state index in [1.54, 1.807) is 24.3 Å². The van der Waals surface area contributed by atoms with E-state index in [1.807, 2.05) is 24.3 Å². The lowest BCUT2D eigenvalue weighted by atomic mass is 10.2. The van der Waals surface area contributed by atoms with Crippen molar-refractivity contribution < 1.29 is 8.42 Å². The first kappa shape index (κ1) is 13.4. The van der Waals surface area contributed by atoms with Gasteiger partial charge >= 0.3 is 0 Å². The van der Waals surface area contributed by atoms with Crippen LogP contribution < -0.4 is 11.1 Å². The number of benzene rings is 2. The molecule has 2 aromatic rings. The number of nitrogens with one attached hydrogen (secondary N) is 1. The Balaban J connectivity index is 2.05. The maximum absolute atomic E-state index is 11.3. The van der Waals surface area contributed by atoms with Gasteiger partial charge in [0.05, 0.1) is 4.90 Å². The van der Waals surface area contributed by atoms with E-state index in [1.165, 1.54) is 6.26 Å². The van der Waals surface area contributed by atoms with E-state index in [9.17, 15) is 8.42 Å². The van der Waals surface area contributed by atoms with Crippen LogP contribution in [0.4, 0.5) is 11.4 Å². The third-order valence-electron chi connectivity index (χ3n) is 2.73. The quantitative estimate of drug-likeness (QED) is 0.840. The minimum Gasteiger partial charge on any atom is -0.399 e. The van der Waals surface area contributed by atoms with Gasteiger partial charge in [-0.25, -0.2) is 8.42 Å². The SMILES string of the molecule is CS(=O)(=O)c1ccc(CNc2cccc(N)c2)cc1. The normalized spacial score (nSPS) is 11.2. The molecule has 4 nitrogen and oxygen atoms in total. The van der Waals surface area contributed by atoms with Crippen LogP contribution in [0.2, 0.25) is 0 Å². The first-order valence-electron chi connectivity index (χ1n) is 5.83. The fourth-order valence-electron chi connectivity index (χ4n) is 1.71. The molecule has 0 radical (unpaired) electrons. The van der Waals surface area contributed by atoms with Crippen molar-refractivity contribution in [1.82, 2.24) is 0 Å². The monoisotopic (exact) mass is 276 g/mol. The van der Waals surface area contributed by atoms with Crippen LogP contribution in [0.25, 0.3) is 0 Å². The molecule has 0 amide bonds. The highest BCUT2D eigenvalue weighted by Crippen LogP contribution is 2.14. The van der Waals surface area contributed by atoms with Crippen LogP contribution in [0.1, 0.15) is 5.56 Å². The number of sulfone groups is 1. The van der Waals surface area contributed by atoms with Crippen molar-refractivity contribution in [3.63, 3.8) is 0 Å². The summed E-state index contributed by atoms with van der Waals surface area (Å²) in [5.41, 5.74) is 8.34. The van der Waals surface area contributed by atoms with Crippen LogP contribution in [0.3, 0.4) is 0 Å². The van der Waals surface area contributed by atoms with Crippen LogP contribution >= 0.6 is 0 Å². The second-order valence-corrected chi connectivity index (χ2v) is 6.41. The fourth-order valence-corrected chi connectivity index (χ4v) is 2.34. The van der Waals surface area contributed by atoms with Gasteiger partial charge in [0.2, 0.25) is 0 Å². The summed E-state index contributed by atoms with van der Waals surface area (Å²) >= 11 is 0. The van der Waals surface area contributed by atoms with Gasteiger partial charge in [-0.05, 0) is 35.9 Å². The van der Waals surface area contributed by atoms with Crippen LogP contribution in [0.5, 0.6) is 0 Å². The molecule has 3 N–H and O–H groups in total. The van der Waals surface area contributed by atoms with E-state index in [0.29, 0.717) is 17.1 Å². The highest BCUT2D eigenvalue weighted by Gasteiger charge is 2.05. The van der Waals surface area contributed by atoms with E-state index in [4.69, 9.17) is 5.73 Å². The molecule has 0 bridgehead atoms. The van der Waals surface area contributed by atoms with Crippen molar-refractivity contribution in [2.24, 2.45) is 0 Å². The molecule has 0 aliphatic rings. The summed E-state index contributed by atoms with van der Waals surface area (Å²) in [5.74, 6) is 0. The number of hydrogen-bond donors (Lipinski definition) is 2. The largest absolute Gasteiger partial charge is 0.399 e. The van der Waals surface area contributed by atoms with Crippen molar-refractivity contribution in [3.8, 4) is 0 Å². The van der Waals surface area contributed by atoms with Crippen molar-refractivity contribution in [1.29, 1.82) is 0 Å². The number of nitrogens with two attached hydrogens (primary N) is 1. The Kier molecular flexibility index (Phi) is 3.76. The number of rotatable bonds is 4. The maximum Gasteiger partial charge on any atom is 0.175 e. The minimum absolute atomic E-state index is 0.334. The first-order chi connectivity index (χ1) is 8.95. The van der Waals surface area contributed by atoms with Crippen LogP contribution in [-0.2, 0) is 16.4 Å². The molecular weight excluding hydrogens is 260 g/mol. The lowest BCUT2D eigenvalue weighted by Crippen LogP contribution is -2.01. The van der Waals surface area contributed by atoms with Crippen molar-refractivity contribution in [2.75, 3.05) is 17.3 Å². The van der Waals surface area contributed by atoms with E-state index in [0.717, 1.165) is 11.3 Å². The molecule has 0 aliphatic heterocycles. The Labute approximate surface area is 113 Å². The molecule has 0 aromatic heterocycles. The van der Waals surface area contributed by atoms with Gasteiger partial charge in [-0.2, -0.15) is 0 Å². The first-order valence-corrected chi connectivity index (χ1v) is 7.73. The van der Waals surface area contributed by atoms with Gasteiger partial charge in [0, 0.05) is 24.2 Å². The molecule has 0 saturated heterocycles. The van der Waals surface area contributed by atoms with Crippen LogP contribution in [-0.4, -0.2) is 14.7 Å². The Morgan fingerprint density at radius 3 is 2.37 bits per heavy atom. The standard InChI is InChI=1S/C14H16N2O2S/c1-19(17,18)14-7-5-11(6-8-14)10-16-13-4-2-3-12(15)9-13/h2-9,16H,10,15H2,1H3. The molecule has 0 fully saturated rings. The van der Waals surface area contributed by atoms with E-state index in [2.05, 4.69) is 5.32 Å². The van der Waals surface area contributed by atoms with Gasteiger partial charge in [-0.15, -0.1) is 0 Å². The van der Waals surface area contributed by atoms with Crippen molar-refractivity contribution in [3.05, 3.63) is 54.1 Å². The van der Waals surface area contributed by atoms with Crippen LogP contribution in [0, 0.1) is 0 Å². The molecule has 0 atom stereocenters. The smallest absolute Gasteiger partial charge is 0.175 e. The topological polar surface area (TPSA) is 72.2 Å². The van der Waals surface area contributed by atoms with Gasteiger partial charge in [-0.1, -0.05) is 18.2 Å². The molecule has 0 unspecified atom stereocenters. The average Bonchev–Trinajstić information content (AvgIpc) is 2.36. The van der Waals surface area contributed by atoms with E-state index < -0.39 is 9.84 Å². The van der Waals surface area contributed by atoms with Crippen molar-refractivity contribution in [2.45, 2.75) is 11.4 Å². The summed E-state index contributed by atoms with van der Waals surface area (Å²) < 4.78 is 22.7. The molecule has 0 heterocycles. The molecule has 19 heavy (non-hydrogen) atoms. The number of nitrogen functional groups attached to an aromatic ring is 1. The predicted molar refractivity (Wildman–Crippen MR) is 77.7 cm³/mol. The molecular formula is C14H16N2O2S. The Morgan fingerprint density at radius 2 is 1.79 bits per heavy atom. The number of anilines is 2. The molecule has 2 rings (SSSR count). The van der Waals surface area contributed by atoms with Gasteiger partial charge in [0.15, 0.2) is 9.84 Å². The van der Waals surface area contributed by atoms with E-state index in [-0.39, 0.29) is 0 Å². The maximum atomic E-state index is 11.3. The number of hydrogen-bond acceptors (Lipinski definition) is 4. The summed E-state index contributed by atoms with van der Waals surface area (Å²) in [7, 11) is -3.13. The second kappa shape index (κ2) is 5.32. The van der Waals surface area contributed by atoms with Gasteiger partial charge in [-0.3, -0.25) is 0 Å². The van der Waals surface area contributed by atoms with Crippen LogP contribution in [0.15, 0.2) is 53.4 Å². The zero-order valence-corrected chi connectivity index (χ0v) is 11.4. The Morgan fingerprint density at radius 1 is 1.11 bits per heavy atom. The highest BCUT2D eigenvalue weighted by molar-refractivity contribution is 7.90. The summed E-state index contributed by atoms with van der Waals surface area (Å²) in [6, 6.07) is 14.3. The third-order valence-corrected chi connectivity index (χ3v) is 3.86. The fraction of sp³-hybridized carbons (Fsp3) is 0.143. The predicted octanol–water partition coefficient (Wildman–Crippen LogP) is 2.28. The molecule has 2 aromatic carbocycles.